The van der Waals surface area contributed by atoms with E-state index in [-0.39, 0.29) is 17.6 Å². The van der Waals surface area contributed by atoms with E-state index >= 15 is 0 Å². The molecule has 0 heterocycles. The van der Waals surface area contributed by atoms with Gasteiger partial charge in [0.2, 0.25) is 11.8 Å². The van der Waals surface area contributed by atoms with Crippen molar-refractivity contribution >= 4 is 30.4 Å². The molecule has 0 aromatic rings. The number of carboxylic acids is 1. The maximum absolute atomic E-state index is 12.2. The molecule has 5 N–H and O–H groups in total. The van der Waals surface area contributed by atoms with Gasteiger partial charge in [0.1, 0.15) is 12.1 Å². The fourth-order valence-corrected chi connectivity index (χ4v) is 1.99. The maximum Gasteiger partial charge on any atom is 0.327 e. The number of hydrogen-bond donors (Lipinski definition) is 5. The molecule has 0 rings (SSSR count). The van der Waals surface area contributed by atoms with Crippen LogP contribution in [-0.2, 0) is 14.4 Å². The summed E-state index contributed by atoms with van der Waals surface area (Å²) in [5.41, 5.74) is 5.85. The molecule has 0 radical (unpaired) electrons. The van der Waals surface area contributed by atoms with Gasteiger partial charge in [0.25, 0.3) is 0 Å². The van der Waals surface area contributed by atoms with Crippen molar-refractivity contribution < 1.29 is 19.5 Å². The molecule has 22 heavy (non-hydrogen) atoms. The van der Waals surface area contributed by atoms with Crippen LogP contribution in [-0.4, -0.2) is 46.8 Å². The highest BCUT2D eigenvalue weighted by Crippen LogP contribution is 2.08. The Morgan fingerprint density at radius 1 is 1.14 bits per heavy atom. The van der Waals surface area contributed by atoms with E-state index in [9.17, 15) is 14.4 Å². The number of hydrogen-bond acceptors (Lipinski definition) is 5. The lowest BCUT2D eigenvalue weighted by Gasteiger charge is -2.26. The number of aliphatic carboxylic acids is 1. The first kappa shape index (κ1) is 20.7. The third kappa shape index (κ3) is 6.23. The smallest absolute Gasteiger partial charge is 0.327 e. The predicted molar refractivity (Wildman–Crippen MR) is 87.6 cm³/mol. The van der Waals surface area contributed by atoms with Crippen molar-refractivity contribution in [2.75, 3.05) is 5.75 Å². The zero-order valence-corrected chi connectivity index (χ0v) is 14.4. The molecule has 0 aliphatic heterocycles. The normalized spacial score (nSPS) is 16.5. The van der Waals surface area contributed by atoms with Gasteiger partial charge in [-0.1, -0.05) is 34.1 Å². The maximum atomic E-state index is 12.2. The lowest BCUT2D eigenvalue weighted by Crippen LogP contribution is -2.57. The van der Waals surface area contributed by atoms with Crippen LogP contribution in [0, 0.1) is 11.8 Å². The largest absolute Gasteiger partial charge is 0.480 e. The summed E-state index contributed by atoms with van der Waals surface area (Å²) >= 11 is 3.89. The average Bonchev–Trinajstić information content (AvgIpc) is 2.47. The summed E-state index contributed by atoms with van der Waals surface area (Å²) in [5.74, 6) is -2.40. The zero-order chi connectivity index (χ0) is 17.4. The molecule has 0 spiro atoms. The number of carbonyl (C=O) groups is 3. The molecule has 8 heteroatoms. The predicted octanol–water partition coefficient (Wildman–Crippen LogP) is -0.000200. The van der Waals surface area contributed by atoms with Crippen molar-refractivity contribution in [3.05, 3.63) is 0 Å². The highest BCUT2D eigenvalue weighted by atomic mass is 32.1. The van der Waals surface area contributed by atoms with Gasteiger partial charge in [0.05, 0.1) is 6.04 Å². The van der Waals surface area contributed by atoms with E-state index in [0.29, 0.717) is 0 Å². The Kier molecular flexibility index (Phi) is 9.12. The van der Waals surface area contributed by atoms with Crippen LogP contribution in [0.5, 0.6) is 0 Å². The van der Waals surface area contributed by atoms with Gasteiger partial charge in [-0.05, 0) is 11.8 Å². The van der Waals surface area contributed by atoms with Gasteiger partial charge in [-0.3, -0.25) is 9.59 Å². The number of nitrogens with one attached hydrogen (secondary N) is 2. The van der Waals surface area contributed by atoms with Gasteiger partial charge in [0.15, 0.2) is 0 Å². The average molecular weight is 333 g/mol. The number of rotatable bonds is 9. The Bertz CT molecular complexity index is 404. The van der Waals surface area contributed by atoms with Gasteiger partial charge in [-0.25, -0.2) is 4.79 Å². The topological polar surface area (TPSA) is 122 Å². The lowest BCUT2D eigenvalue weighted by molar-refractivity contribution is -0.141. The van der Waals surface area contributed by atoms with Crippen LogP contribution in [0.15, 0.2) is 0 Å². The summed E-state index contributed by atoms with van der Waals surface area (Å²) in [4.78, 5) is 35.2. The molecule has 2 amide bonds. The van der Waals surface area contributed by atoms with Crippen LogP contribution in [0.25, 0.3) is 0 Å². The molecule has 128 valence electrons. The third-order valence-corrected chi connectivity index (χ3v) is 3.97. The van der Waals surface area contributed by atoms with Crippen LogP contribution in [0.1, 0.15) is 34.1 Å². The molecule has 7 nitrogen and oxygen atoms in total. The van der Waals surface area contributed by atoms with E-state index in [1.807, 2.05) is 13.8 Å². The summed E-state index contributed by atoms with van der Waals surface area (Å²) in [6.45, 7) is 7.30. The van der Waals surface area contributed by atoms with Crippen molar-refractivity contribution in [1.29, 1.82) is 0 Å². The van der Waals surface area contributed by atoms with Gasteiger partial charge in [0, 0.05) is 5.75 Å². The molecule has 0 fully saturated rings. The Hall–Kier alpha value is -1.28. The Morgan fingerprint density at radius 2 is 1.68 bits per heavy atom. The molecule has 0 aromatic carbocycles. The number of amides is 2. The van der Waals surface area contributed by atoms with Gasteiger partial charge in [-0.15, -0.1) is 0 Å². The molecule has 0 aromatic heterocycles. The molecular formula is C14H27N3O4S. The van der Waals surface area contributed by atoms with E-state index in [4.69, 9.17) is 10.8 Å². The molecule has 0 bridgehead atoms. The first-order valence-electron chi connectivity index (χ1n) is 7.35. The van der Waals surface area contributed by atoms with Crippen LogP contribution in [0.3, 0.4) is 0 Å². The van der Waals surface area contributed by atoms with Gasteiger partial charge >= 0.3 is 5.97 Å². The standard InChI is InChI=1S/C14H27N3O4S/c1-5-8(4)10(15)12(18)17-11(7(2)3)13(19)16-9(6-22)14(20)21/h7-11,22H,5-6,15H2,1-4H3,(H,16,19)(H,17,18)(H,20,21)/t8-,9-,10-,11-/m0/s1. The van der Waals surface area contributed by atoms with E-state index in [2.05, 4.69) is 23.3 Å². The Balaban J connectivity index is 4.89. The highest BCUT2D eigenvalue weighted by Gasteiger charge is 2.30. The Morgan fingerprint density at radius 3 is 2.05 bits per heavy atom. The molecular weight excluding hydrogens is 306 g/mol. The molecule has 0 aliphatic carbocycles. The van der Waals surface area contributed by atoms with Crippen molar-refractivity contribution in [2.24, 2.45) is 17.6 Å². The van der Waals surface area contributed by atoms with E-state index in [1.54, 1.807) is 13.8 Å². The summed E-state index contributed by atoms with van der Waals surface area (Å²) in [5, 5.41) is 13.9. The van der Waals surface area contributed by atoms with Crippen molar-refractivity contribution in [3.8, 4) is 0 Å². The van der Waals surface area contributed by atoms with Crippen molar-refractivity contribution in [3.63, 3.8) is 0 Å². The van der Waals surface area contributed by atoms with Gasteiger partial charge < -0.3 is 21.5 Å². The van der Waals surface area contributed by atoms with Crippen LogP contribution in [0.2, 0.25) is 0 Å². The molecule has 0 unspecified atom stereocenters. The van der Waals surface area contributed by atoms with Crippen LogP contribution >= 0.6 is 12.6 Å². The number of nitrogens with two attached hydrogens (primary N) is 1. The SMILES string of the molecule is CC[C@H](C)[C@H](N)C(=O)N[C@H](C(=O)N[C@@H](CS)C(=O)O)C(C)C. The lowest BCUT2D eigenvalue weighted by atomic mass is 9.97. The van der Waals surface area contributed by atoms with E-state index in [1.165, 1.54) is 0 Å². The van der Waals surface area contributed by atoms with Crippen molar-refractivity contribution in [2.45, 2.75) is 52.2 Å². The second-order valence-electron chi connectivity index (χ2n) is 5.72. The summed E-state index contributed by atoms with van der Waals surface area (Å²) in [7, 11) is 0. The summed E-state index contributed by atoms with van der Waals surface area (Å²) < 4.78 is 0. The highest BCUT2D eigenvalue weighted by molar-refractivity contribution is 7.80. The van der Waals surface area contributed by atoms with E-state index in [0.717, 1.165) is 6.42 Å². The quantitative estimate of drug-likeness (QED) is 0.380. The molecule has 0 saturated heterocycles. The Labute approximate surface area is 136 Å². The summed E-state index contributed by atoms with van der Waals surface area (Å²) in [6, 6.07) is -2.65. The van der Waals surface area contributed by atoms with Crippen LogP contribution in [0.4, 0.5) is 0 Å². The monoisotopic (exact) mass is 333 g/mol. The number of carbonyl (C=O) groups excluding carboxylic acids is 2. The zero-order valence-electron chi connectivity index (χ0n) is 13.5. The number of carboxylic acid groups (broad SMARTS) is 1. The minimum Gasteiger partial charge on any atom is -0.480 e. The fraction of sp³-hybridized carbons (Fsp3) is 0.786. The third-order valence-electron chi connectivity index (χ3n) is 3.60. The number of thiol groups is 1. The van der Waals surface area contributed by atoms with E-state index < -0.39 is 35.9 Å². The van der Waals surface area contributed by atoms with Gasteiger partial charge in [-0.2, -0.15) is 12.6 Å². The molecule has 4 atom stereocenters. The minimum absolute atomic E-state index is 0.0138. The molecule has 0 aliphatic rings. The fourth-order valence-electron chi connectivity index (χ4n) is 1.74. The summed E-state index contributed by atoms with van der Waals surface area (Å²) in [6.07, 6.45) is 0.744. The first-order valence-corrected chi connectivity index (χ1v) is 7.98. The minimum atomic E-state index is -1.17. The first-order chi connectivity index (χ1) is 10.1. The second kappa shape index (κ2) is 9.68. The second-order valence-corrected chi connectivity index (χ2v) is 6.09. The van der Waals surface area contributed by atoms with Crippen LogP contribution < -0.4 is 16.4 Å². The van der Waals surface area contributed by atoms with Crippen molar-refractivity contribution in [1.82, 2.24) is 10.6 Å². The molecule has 0 saturated carbocycles.